The number of carbonyl (C=O) groups excluding carboxylic acids is 2. The van der Waals surface area contributed by atoms with Crippen molar-refractivity contribution in [3.05, 3.63) is 83.4 Å². The second-order valence-electron chi connectivity index (χ2n) is 8.46. The Hall–Kier alpha value is -3.75. The SMILES string of the molecule is COc1ccc(NC(=O)c2ccc(NC(=O)CN3CCC[C@H]3c3nc4ccccc4s3)cc2)cc1. The summed E-state index contributed by atoms with van der Waals surface area (Å²) in [6.07, 6.45) is 2.05. The molecule has 1 aromatic heterocycles. The van der Waals surface area contributed by atoms with Crippen molar-refractivity contribution < 1.29 is 14.3 Å². The minimum absolute atomic E-state index is 0.0755. The molecule has 1 fully saturated rings. The maximum absolute atomic E-state index is 12.8. The third-order valence-corrected chi connectivity index (χ3v) is 7.22. The van der Waals surface area contributed by atoms with Gasteiger partial charge in [0.15, 0.2) is 0 Å². The number of likely N-dealkylation sites (tertiary alicyclic amines) is 1. The van der Waals surface area contributed by atoms with Gasteiger partial charge in [-0.05, 0) is 80.1 Å². The molecule has 0 saturated carbocycles. The van der Waals surface area contributed by atoms with Crippen LogP contribution in [0.4, 0.5) is 11.4 Å². The van der Waals surface area contributed by atoms with Crippen LogP contribution in [0.3, 0.4) is 0 Å². The van der Waals surface area contributed by atoms with Crippen molar-refractivity contribution >= 4 is 44.7 Å². The lowest BCUT2D eigenvalue weighted by Crippen LogP contribution is -2.32. The summed E-state index contributed by atoms with van der Waals surface area (Å²) in [5.74, 6) is 0.431. The largest absolute Gasteiger partial charge is 0.497 e. The van der Waals surface area contributed by atoms with E-state index in [2.05, 4.69) is 21.6 Å². The van der Waals surface area contributed by atoms with Crippen LogP contribution < -0.4 is 15.4 Å². The average Bonchev–Trinajstić information content (AvgIpc) is 3.51. The summed E-state index contributed by atoms with van der Waals surface area (Å²) in [6, 6.07) is 22.3. The molecule has 5 rings (SSSR count). The number of hydrogen-bond donors (Lipinski definition) is 2. The highest BCUT2D eigenvalue weighted by Gasteiger charge is 2.30. The van der Waals surface area contributed by atoms with Gasteiger partial charge in [0.1, 0.15) is 10.8 Å². The Morgan fingerprint density at radius 2 is 1.71 bits per heavy atom. The number of thiazole rings is 1. The summed E-state index contributed by atoms with van der Waals surface area (Å²) in [5.41, 5.74) is 2.86. The van der Waals surface area contributed by atoms with Gasteiger partial charge in [0.25, 0.3) is 5.91 Å². The van der Waals surface area contributed by atoms with Crippen LogP contribution in [0.15, 0.2) is 72.8 Å². The Morgan fingerprint density at radius 1 is 1.00 bits per heavy atom. The van der Waals surface area contributed by atoms with Gasteiger partial charge in [-0.15, -0.1) is 11.3 Å². The molecule has 2 amide bonds. The molecule has 4 aromatic rings. The van der Waals surface area contributed by atoms with Gasteiger partial charge in [0, 0.05) is 16.9 Å². The lowest BCUT2D eigenvalue weighted by molar-refractivity contribution is -0.117. The molecule has 0 bridgehead atoms. The molecule has 1 saturated heterocycles. The van der Waals surface area contributed by atoms with E-state index in [1.54, 1.807) is 67.0 Å². The van der Waals surface area contributed by atoms with E-state index < -0.39 is 0 Å². The Kier molecular flexibility index (Phi) is 6.74. The predicted octanol–water partition coefficient (Wildman–Crippen LogP) is 5.33. The Balaban J connectivity index is 1.17. The molecule has 2 heterocycles. The summed E-state index contributed by atoms with van der Waals surface area (Å²) in [5, 5.41) is 6.88. The maximum atomic E-state index is 12.8. The normalized spacial score (nSPS) is 15.7. The summed E-state index contributed by atoms with van der Waals surface area (Å²) in [6.45, 7) is 1.18. The minimum Gasteiger partial charge on any atom is -0.497 e. The van der Waals surface area contributed by atoms with Crippen LogP contribution in [0.1, 0.15) is 34.2 Å². The molecule has 0 spiro atoms. The van der Waals surface area contributed by atoms with Crippen LogP contribution >= 0.6 is 11.3 Å². The van der Waals surface area contributed by atoms with Crippen molar-refractivity contribution in [2.45, 2.75) is 18.9 Å². The average molecular weight is 487 g/mol. The van der Waals surface area contributed by atoms with E-state index in [9.17, 15) is 9.59 Å². The molecule has 35 heavy (non-hydrogen) atoms. The first-order chi connectivity index (χ1) is 17.1. The van der Waals surface area contributed by atoms with Crippen LogP contribution in [0.25, 0.3) is 10.2 Å². The molecule has 0 radical (unpaired) electrons. The van der Waals surface area contributed by atoms with Gasteiger partial charge < -0.3 is 15.4 Å². The van der Waals surface area contributed by atoms with Crippen molar-refractivity contribution in [3.8, 4) is 5.75 Å². The second kappa shape index (κ2) is 10.2. The second-order valence-corrected chi connectivity index (χ2v) is 9.52. The molecule has 178 valence electrons. The first-order valence-electron chi connectivity index (χ1n) is 11.5. The highest BCUT2D eigenvalue weighted by molar-refractivity contribution is 7.18. The number of carbonyl (C=O) groups is 2. The van der Waals surface area contributed by atoms with E-state index in [-0.39, 0.29) is 17.9 Å². The standard InChI is InChI=1S/C27H26N4O3S/c1-34-21-14-12-20(13-15-21)29-26(33)18-8-10-19(11-9-18)28-25(32)17-31-16-4-6-23(31)27-30-22-5-2-3-7-24(22)35-27/h2-3,5,7-15,23H,4,6,16-17H2,1H3,(H,28,32)(H,29,33)/t23-/m0/s1. The van der Waals surface area contributed by atoms with Gasteiger partial charge in [0.05, 0.1) is 29.9 Å². The van der Waals surface area contributed by atoms with Crippen molar-refractivity contribution in [1.82, 2.24) is 9.88 Å². The zero-order chi connectivity index (χ0) is 24.2. The lowest BCUT2D eigenvalue weighted by Gasteiger charge is -2.22. The molecule has 1 aliphatic heterocycles. The van der Waals surface area contributed by atoms with E-state index >= 15 is 0 Å². The fourth-order valence-electron chi connectivity index (χ4n) is 4.30. The van der Waals surface area contributed by atoms with Gasteiger partial charge in [-0.3, -0.25) is 14.5 Å². The highest BCUT2D eigenvalue weighted by Crippen LogP contribution is 2.36. The quantitative estimate of drug-likeness (QED) is 0.369. The monoisotopic (exact) mass is 486 g/mol. The fraction of sp³-hybridized carbons (Fsp3) is 0.222. The number of aromatic nitrogens is 1. The molecule has 8 heteroatoms. The van der Waals surface area contributed by atoms with Gasteiger partial charge in [-0.25, -0.2) is 4.98 Å². The molecule has 3 aromatic carbocycles. The number of amides is 2. The fourth-order valence-corrected chi connectivity index (χ4v) is 5.43. The van der Waals surface area contributed by atoms with E-state index in [1.165, 1.54) is 4.70 Å². The van der Waals surface area contributed by atoms with Gasteiger partial charge in [-0.1, -0.05) is 12.1 Å². The highest BCUT2D eigenvalue weighted by atomic mass is 32.1. The molecule has 2 N–H and O–H groups in total. The molecular formula is C27H26N4O3S. The number of methoxy groups -OCH3 is 1. The van der Waals surface area contributed by atoms with Crippen molar-refractivity contribution in [2.24, 2.45) is 0 Å². The Morgan fingerprint density at radius 3 is 2.46 bits per heavy atom. The summed E-state index contributed by atoms with van der Waals surface area (Å²) < 4.78 is 6.31. The zero-order valence-corrected chi connectivity index (χ0v) is 20.2. The number of rotatable bonds is 7. The van der Waals surface area contributed by atoms with Crippen LogP contribution in [0.5, 0.6) is 5.75 Å². The van der Waals surface area contributed by atoms with Gasteiger partial charge in [-0.2, -0.15) is 0 Å². The lowest BCUT2D eigenvalue weighted by atomic mass is 10.2. The molecule has 0 aliphatic carbocycles. The van der Waals surface area contributed by atoms with Crippen molar-refractivity contribution in [2.75, 3.05) is 30.8 Å². The van der Waals surface area contributed by atoms with E-state index in [1.807, 2.05) is 18.2 Å². The number of nitrogens with one attached hydrogen (secondary N) is 2. The zero-order valence-electron chi connectivity index (χ0n) is 19.4. The van der Waals surface area contributed by atoms with E-state index in [0.717, 1.165) is 35.7 Å². The minimum atomic E-state index is -0.219. The molecule has 0 unspecified atom stereocenters. The first kappa shape index (κ1) is 23.0. The topological polar surface area (TPSA) is 83.6 Å². The van der Waals surface area contributed by atoms with Crippen molar-refractivity contribution in [1.29, 1.82) is 0 Å². The Bertz CT molecular complexity index is 1300. The molecule has 7 nitrogen and oxygen atoms in total. The third kappa shape index (κ3) is 5.34. The number of hydrogen-bond acceptors (Lipinski definition) is 6. The summed E-state index contributed by atoms with van der Waals surface area (Å²) in [7, 11) is 1.60. The third-order valence-electron chi connectivity index (χ3n) is 6.08. The maximum Gasteiger partial charge on any atom is 0.255 e. The number of benzene rings is 3. The number of ether oxygens (including phenoxy) is 1. The molecule has 1 aliphatic rings. The summed E-state index contributed by atoms with van der Waals surface area (Å²) in [4.78, 5) is 32.3. The molecular weight excluding hydrogens is 460 g/mol. The van der Waals surface area contributed by atoms with Crippen LogP contribution in [0, 0.1) is 0 Å². The smallest absolute Gasteiger partial charge is 0.255 e. The van der Waals surface area contributed by atoms with Crippen molar-refractivity contribution in [3.63, 3.8) is 0 Å². The summed E-state index contributed by atoms with van der Waals surface area (Å²) >= 11 is 1.71. The first-order valence-corrected chi connectivity index (χ1v) is 12.4. The number of nitrogens with zero attached hydrogens (tertiary/aromatic N) is 2. The number of fused-ring (bicyclic) bond motifs is 1. The number of para-hydroxylation sites is 1. The van der Waals surface area contributed by atoms with E-state index in [0.29, 0.717) is 23.5 Å². The van der Waals surface area contributed by atoms with Crippen LogP contribution in [0.2, 0.25) is 0 Å². The van der Waals surface area contributed by atoms with Gasteiger partial charge in [0.2, 0.25) is 5.91 Å². The van der Waals surface area contributed by atoms with Crippen LogP contribution in [-0.4, -0.2) is 41.9 Å². The Labute approximate surface area is 207 Å². The molecule has 1 atom stereocenters. The van der Waals surface area contributed by atoms with Crippen LogP contribution in [-0.2, 0) is 4.79 Å². The predicted molar refractivity (Wildman–Crippen MR) is 139 cm³/mol. The van der Waals surface area contributed by atoms with Gasteiger partial charge >= 0.3 is 0 Å². The number of anilines is 2. The van der Waals surface area contributed by atoms with E-state index in [4.69, 9.17) is 9.72 Å².